The van der Waals surface area contributed by atoms with Gasteiger partial charge in [0.15, 0.2) is 0 Å². The van der Waals surface area contributed by atoms with Crippen molar-refractivity contribution in [2.45, 2.75) is 19.8 Å². The van der Waals surface area contributed by atoms with Gasteiger partial charge in [0.2, 0.25) is 0 Å². The summed E-state index contributed by atoms with van der Waals surface area (Å²) in [5.41, 5.74) is 1.54. The summed E-state index contributed by atoms with van der Waals surface area (Å²) >= 11 is 0. The first kappa shape index (κ1) is 18.8. The average Bonchev–Trinajstić information content (AvgIpc) is 2.60. The van der Waals surface area contributed by atoms with Crippen molar-refractivity contribution in [2.24, 2.45) is 11.8 Å². The van der Waals surface area contributed by atoms with Crippen LogP contribution in [0.4, 0.5) is 4.79 Å². The minimum Gasteiger partial charge on any atom is -0.481 e. The SMILES string of the molecule is CNC(=O)c1cccc(CCNC(=O)N2CC(C)CC(C(=O)O)C2)c1. The third-order valence-electron chi connectivity index (χ3n) is 4.40. The van der Waals surface area contributed by atoms with Crippen LogP contribution in [0.5, 0.6) is 0 Å². The second-order valence-corrected chi connectivity index (χ2v) is 6.54. The molecule has 0 radical (unpaired) electrons. The first-order chi connectivity index (χ1) is 11.9. The number of rotatable bonds is 5. The van der Waals surface area contributed by atoms with E-state index in [1.54, 1.807) is 24.1 Å². The Hall–Kier alpha value is -2.57. The lowest BCUT2D eigenvalue weighted by molar-refractivity contribution is -0.143. The maximum Gasteiger partial charge on any atom is 0.317 e. The molecular weight excluding hydrogens is 322 g/mol. The molecule has 1 aromatic rings. The second kappa shape index (κ2) is 8.50. The highest BCUT2D eigenvalue weighted by Crippen LogP contribution is 2.21. The summed E-state index contributed by atoms with van der Waals surface area (Å²) in [4.78, 5) is 36.7. The molecule has 25 heavy (non-hydrogen) atoms. The number of carboxylic acids is 1. The number of carboxylic acid groups (broad SMARTS) is 1. The molecule has 3 amide bonds. The van der Waals surface area contributed by atoms with E-state index in [4.69, 9.17) is 0 Å². The van der Waals surface area contributed by atoms with E-state index in [0.717, 1.165) is 5.56 Å². The van der Waals surface area contributed by atoms with Gasteiger partial charge in [-0.25, -0.2) is 4.79 Å². The molecule has 2 rings (SSSR count). The van der Waals surface area contributed by atoms with Gasteiger partial charge in [0.25, 0.3) is 5.91 Å². The Bertz CT molecular complexity index is 647. The minimum atomic E-state index is -0.852. The number of amides is 3. The van der Waals surface area contributed by atoms with Gasteiger partial charge in [0.1, 0.15) is 0 Å². The van der Waals surface area contributed by atoms with Crippen molar-refractivity contribution in [3.8, 4) is 0 Å². The summed E-state index contributed by atoms with van der Waals surface area (Å²) in [6, 6.07) is 7.02. The Balaban J connectivity index is 1.86. The number of urea groups is 1. The van der Waals surface area contributed by atoms with E-state index >= 15 is 0 Å². The van der Waals surface area contributed by atoms with Crippen molar-refractivity contribution >= 4 is 17.9 Å². The van der Waals surface area contributed by atoms with E-state index < -0.39 is 11.9 Å². The molecule has 7 heteroatoms. The molecular formula is C18H25N3O4. The van der Waals surface area contributed by atoms with Crippen LogP contribution in [0, 0.1) is 11.8 Å². The molecule has 0 bridgehead atoms. The van der Waals surface area contributed by atoms with Crippen LogP contribution in [-0.4, -0.2) is 54.6 Å². The zero-order valence-corrected chi connectivity index (χ0v) is 14.6. The number of nitrogens with one attached hydrogen (secondary N) is 2. The fourth-order valence-corrected chi connectivity index (χ4v) is 3.13. The van der Waals surface area contributed by atoms with Crippen LogP contribution < -0.4 is 10.6 Å². The van der Waals surface area contributed by atoms with Gasteiger partial charge in [0.05, 0.1) is 5.92 Å². The van der Waals surface area contributed by atoms with Gasteiger partial charge in [-0.15, -0.1) is 0 Å². The highest BCUT2D eigenvalue weighted by molar-refractivity contribution is 5.94. The molecule has 1 aliphatic rings. The van der Waals surface area contributed by atoms with E-state index in [2.05, 4.69) is 10.6 Å². The third-order valence-corrected chi connectivity index (χ3v) is 4.40. The van der Waals surface area contributed by atoms with Crippen LogP contribution in [0.3, 0.4) is 0 Å². The summed E-state index contributed by atoms with van der Waals surface area (Å²) in [6.45, 7) is 3.21. The number of aliphatic carboxylic acids is 1. The number of benzene rings is 1. The number of nitrogens with zero attached hydrogens (tertiary/aromatic N) is 1. The van der Waals surface area contributed by atoms with Crippen LogP contribution in [0.25, 0.3) is 0 Å². The summed E-state index contributed by atoms with van der Waals surface area (Å²) in [7, 11) is 1.58. The number of hydrogen-bond acceptors (Lipinski definition) is 3. The molecule has 1 aliphatic heterocycles. The molecule has 136 valence electrons. The lowest BCUT2D eigenvalue weighted by Gasteiger charge is -2.34. The first-order valence-corrected chi connectivity index (χ1v) is 8.47. The van der Waals surface area contributed by atoms with Crippen molar-refractivity contribution in [3.05, 3.63) is 35.4 Å². The van der Waals surface area contributed by atoms with E-state index in [1.165, 1.54) is 0 Å². The van der Waals surface area contributed by atoms with Gasteiger partial charge in [-0.1, -0.05) is 19.1 Å². The molecule has 0 aliphatic carbocycles. The number of carbonyl (C=O) groups is 3. The quantitative estimate of drug-likeness (QED) is 0.748. The van der Waals surface area contributed by atoms with Crippen LogP contribution in [0.1, 0.15) is 29.3 Å². The van der Waals surface area contributed by atoms with Gasteiger partial charge in [-0.05, 0) is 36.5 Å². The molecule has 0 aromatic heterocycles. The molecule has 2 unspecified atom stereocenters. The molecule has 3 N–H and O–H groups in total. The van der Waals surface area contributed by atoms with Crippen molar-refractivity contribution in [1.82, 2.24) is 15.5 Å². The van der Waals surface area contributed by atoms with Crippen molar-refractivity contribution in [3.63, 3.8) is 0 Å². The molecule has 1 aromatic carbocycles. The van der Waals surface area contributed by atoms with Crippen molar-refractivity contribution < 1.29 is 19.5 Å². The highest BCUT2D eigenvalue weighted by atomic mass is 16.4. The van der Waals surface area contributed by atoms with Crippen LogP contribution >= 0.6 is 0 Å². The van der Waals surface area contributed by atoms with Crippen molar-refractivity contribution in [1.29, 1.82) is 0 Å². The fourth-order valence-electron chi connectivity index (χ4n) is 3.13. The summed E-state index contributed by atoms with van der Waals surface area (Å²) < 4.78 is 0. The fraction of sp³-hybridized carbons (Fsp3) is 0.500. The summed E-state index contributed by atoms with van der Waals surface area (Å²) in [5.74, 6) is -1.33. The largest absolute Gasteiger partial charge is 0.481 e. The molecule has 1 fully saturated rings. The van der Waals surface area contributed by atoms with Gasteiger partial charge in [-0.3, -0.25) is 9.59 Å². The van der Waals surface area contributed by atoms with Crippen LogP contribution in [-0.2, 0) is 11.2 Å². The number of piperidine rings is 1. The predicted molar refractivity (Wildman–Crippen MR) is 93.4 cm³/mol. The average molecular weight is 347 g/mol. The molecule has 1 heterocycles. The number of hydrogen-bond donors (Lipinski definition) is 3. The second-order valence-electron chi connectivity index (χ2n) is 6.54. The van der Waals surface area contributed by atoms with Crippen molar-refractivity contribution in [2.75, 3.05) is 26.7 Å². The zero-order chi connectivity index (χ0) is 18.4. The van der Waals surface area contributed by atoms with E-state index in [1.807, 2.05) is 19.1 Å². The van der Waals surface area contributed by atoms with E-state index in [0.29, 0.717) is 31.5 Å². The lowest BCUT2D eigenvalue weighted by Crippen LogP contribution is -2.49. The predicted octanol–water partition coefficient (Wildman–Crippen LogP) is 1.34. The molecule has 0 saturated carbocycles. The van der Waals surface area contributed by atoms with Gasteiger partial charge in [-0.2, -0.15) is 0 Å². The summed E-state index contributed by atoms with van der Waals surface area (Å²) in [5, 5.41) is 14.6. The Morgan fingerprint density at radius 3 is 2.72 bits per heavy atom. The highest BCUT2D eigenvalue weighted by Gasteiger charge is 2.31. The zero-order valence-electron chi connectivity index (χ0n) is 14.6. The van der Waals surface area contributed by atoms with Gasteiger partial charge >= 0.3 is 12.0 Å². The monoisotopic (exact) mass is 347 g/mol. The number of likely N-dealkylation sites (tertiary alicyclic amines) is 1. The number of carbonyl (C=O) groups excluding carboxylic acids is 2. The Morgan fingerprint density at radius 1 is 1.28 bits per heavy atom. The maximum absolute atomic E-state index is 12.3. The van der Waals surface area contributed by atoms with E-state index in [9.17, 15) is 19.5 Å². The van der Waals surface area contributed by atoms with Crippen LogP contribution in [0.2, 0.25) is 0 Å². The first-order valence-electron chi connectivity index (χ1n) is 8.47. The van der Waals surface area contributed by atoms with Gasteiger partial charge in [0, 0.05) is 32.2 Å². The topological polar surface area (TPSA) is 98.7 Å². The molecule has 0 spiro atoms. The van der Waals surface area contributed by atoms with E-state index in [-0.39, 0.29) is 24.4 Å². The smallest absolute Gasteiger partial charge is 0.317 e. The molecule has 1 saturated heterocycles. The molecule has 2 atom stereocenters. The van der Waals surface area contributed by atoms with Crippen LogP contribution in [0.15, 0.2) is 24.3 Å². The Kier molecular flexibility index (Phi) is 6.38. The Labute approximate surface area is 147 Å². The lowest BCUT2D eigenvalue weighted by atomic mass is 9.91. The summed E-state index contributed by atoms with van der Waals surface area (Å²) in [6.07, 6.45) is 1.20. The minimum absolute atomic E-state index is 0.145. The molecule has 7 nitrogen and oxygen atoms in total. The standard InChI is InChI=1S/C18H25N3O4/c1-12-8-15(17(23)24)11-21(10-12)18(25)20-7-6-13-4-3-5-14(9-13)16(22)19-2/h3-5,9,12,15H,6-8,10-11H2,1-2H3,(H,19,22)(H,20,25)(H,23,24). The third kappa shape index (κ3) is 5.20. The maximum atomic E-state index is 12.3. The Morgan fingerprint density at radius 2 is 2.04 bits per heavy atom. The normalized spacial score (nSPS) is 20.0. The van der Waals surface area contributed by atoms with Gasteiger partial charge < -0.3 is 20.6 Å².